The van der Waals surface area contributed by atoms with Crippen LogP contribution in [0.1, 0.15) is 42.3 Å². The fourth-order valence-electron chi connectivity index (χ4n) is 2.50. The molecule has 20 heavy (non-hydrogen) atoms. The largest absolute Gasteiger partial charge is 0.336 e. The number of thiophene rings is 1. The number of carbonyl (C=O) groups is 1. The van der Waals surface area contributed by atoms with Crippen LogP contribution in [0.3, 0.4) is 0 Å². The van der Waals surface area contributed by atoms with Crippen molar-refractivity contribution in [1.29, 1.82) is 0 Å². The number of nitrogens with one attached hydrogen (secondary N) is 1. The van der Waals surface area contributed by atoms with E-state index in [1.807, 2.05) is 11.0 Å². The molecule has 1 aliphatic rings. The van der Waals surface area contributed by atoms with E-state index < -0.39 is 0 Å². The van der Waals surface area contributed by atoms with Crippen molar-refractivity contribution in [1.82, 2.24) is 10.2 Å². The molecule has 6 heteroatoms. The highest BCUT2D eigenvalue weighted by atomic mass is 79.9. The molecule has 1 aromatic heterocycles. The molecule has 0 saturated carbocycles. The van der Waals surface area contributed by atoms with Crippen LogP contribution in [0, 0.1) is 0 Å². The zero-order chi connectivity index (χ0) is 14.5. The number of halogens is 2. The van der Waals surface area contributed by atoms with Gasteiger partial charge in [-0.05, 0) is 63.7 Å². The van der Waals surface area contributed by atoms with E-state index >= 15 is 0 Å². The van der Waals surface area contributed by atoms with Gasteiger partial charge >= 0.3 is 0 Å². The maximum absolute atomic E-state index is 12.6. The molecular formula is C14H20Br2N2OS. The highest BCUT2D eigenvalue weighted by molar-refractivity contribution is 9.13. The Labute approximate surface area is 141 Å². The number of amides is 1. The summed E-state index contributed by atoms with van der Waals surface area (Å²) in [6, 6.07) is 2.36. The second kappa shape index (κ2) is 7.92. The van der Waals surface area contributed by atoms with Crippen LogP contribution < -0.4 is 5.32 Å². The highest BCUT2D eigenvalue weighted by Gasteiger charge is 2.22. The topological polar surface area (TPSA) is 32.3 Å². The Morgan fingerprint density at radius 2 is 2.30 bits per heavy atom. The molecule has 2 rings (SSSR count). The Morgan fingerprint density at radius 1 is 1.50 bits per heavy atom. The Hall–Kier alpha value is 0.0900. The molecule has 3 nitrogen and oxygen atoms in total. The summed E-state index contributed by atoms with van der Waals surface area (Å²) in [7, 11) is 0. The molecule has 0 radical (unpaired) electrons. The lowest BCUT2D eigenvalue weighted by Gasteiger charge is -2.30. The normalized spacial score (nSPS) is 19.1. The van der Waals surface area contributed by atoms with Crippen LogP contribution >= 0.6 is 43.2 Å². The Kier molecular flexibility index (Phi) is 6.52. The SMILES string of the molecule is CCCN(CC1CCCCN1)C(=O)c1cc(Br)c(Br)s1. The predicted octanol–water partition coefficient (Wildman–Crippen LogP) is 4.27. The van der Waals surface area contributed by atoms with Crippen LogP contribution in [0.5, 0.6) is 0 Å². The molecule has 1 aromatic rings. The maximum atomic E-state index is 12.6. The van der Waals surface area contributed by atoms with Gasteiger partial charge in [-0.1, -0.05) is 13.3 Å². The molecule has 0 aromatic carbocycles. The van der Waals surface area contributed by atoms with Crippen LogP contribution in [0.25, 0.3) is 0 Å². The molecular weight excluding hydrogens is 404 g/mol. The third kappa shape index (κ3) is 4.29. The van der Waals surface area contributed by atoms with Gasteiger partial charge in [0.05, 0.1) is 8.66 Å². The summed E-state index contributed by atoms with van der Waals surface area (Å²) < 4.78 is 1.94. The van der Waals surface area contributed by atoms with Crippen molar-refractivity contribution in [3.05, 3.63) is 19.2 Å². The Morgan fingerprint density at radius 3 is 2.85 bits per heavy atom. The van der Waals surface area contributed by atoms with Crippen LogP contribution in [0.15, 0.2) is 14.3 Å². The van der Waals surface area contributed by atoms with Gasteiger partial charge < -0.3 is 10.2 Å². The van der Waals surface area contributed by atoms with E-state index in [-0.39, 0.29) is 5.91 Å². The van der Waals surface area contributed by atoms with Crippen molar-refractivity contribution in [2.45, 2.75) is 38.6 Å². The molecule has 1 unspecified atom stereocenters. The Balaban J connectivity index is 2.04. The average Bonchev–Trinajstić information content (AvgIpc) is 2.78. The van der Waals surface area contributed by atoms with Gasteiger partial charge in [-0.25, -0.2) is 0 Å². The minimum atomic E-state index is 0.149. The Bertz CT molecular complexity index is 439. The number of hydrogen-bond acceptors (Lipinski definition) is 3. The molecule has 1 saturated heterocycles. The first-order valence-corrected chi connectivity index (χ1v) is 9.49. The lowest BCUT2D eigenvalue weighted by Crippen LogP contribution is -2.45. The molecule has 1 amide bonds. The van der Waals surface area contributed by atoms with E-state index in [1.165, 1.54) is 30.6 Å². The van der Waals surface area contributed by atoms with Crippen molar-refractivity contribution >= 4 is 49.1 Å². The first-order valence-electron chi connectivity index (χ1n) is 7.09. The van der Waals surface area contributed by atoms with Crippen molar-refractivity contribution in [3.8, 4) is 0 Å². The van der Waals surface area contributed by atoms with E-state index in [9.17, 15) is 4.79 Å². The fourth-order valence-corrected chi connectivity index (χ4v) is 4.50. The third-order valence-corrected chi connectivity index (χ3v) is 6.73. The number of carbonyl (C=O) groups excluding carboxylic acids is 1. The summed E-state index contributed by atoms with van der Waals surface area (Å²) in [6.07, 6.45) is 4.68. The smallest absolute Gasteiger partial charge is 0.264 e. The van der Waals surface area contributed by atoms with Gasteiger partial charge in [0.25, 0.3) is 5.91 Å². The monoisotopic (exact) mass is 422 g/mol. The zero-order valence-electron chi connectivity index (χ0n) is 11.6. The lowest BCUT2D eigenvalue weighted by molar-refractivity contribution is 0.0736. The van der Waals surface area contributed by atoms with Gasteiger partial charge in [0.2, 0.25) is 0 Å². The van der Waals surface area contributed by atoms with E-state index in [4.69, 9.17) is 0 Å². The standard InChI is InChI=1S/C14H20Br2N2OS/c1-2-7-18(9-10-5-3-4-6-17-10)14(19)12-8-11(15)13(16)20-12/h8,10,17H,2-7,9H2,1H3. The molecule has 0 spiro atoms. The fraction of sp³-hybridized carbons (Fsp3) is 0.643. The maximum Gasteiger partial charge on any atom is 0.264 e. The quantitative estimate of drug-likeness (QED) is 0.766. The number of rotatable bonds is 5. The van der Waals surface area contributed by atoms with Gasteiger partial charge in [0.1, 0.15) is 0 Å². The van der Waals surface area contributed by atoms with E-state index in [0.29, 0.717) is 6.04 Å². The molecule has 1 N–H and O–H groups in total. The van der Waals surface area contributed by atoms with E-state index in [2.05, 4.69) is 44.1 Å². The summed E-state index contributed by atoms with van der Waals surface area (Å²) in [5.74, 6) is 0.149. The lowest BCUT2D eigenvalue weighted by atomic mass is 10.0. The first kappa shape index (κ1) is 16.5. The van der Waals surface area contributed by atoms with E-state index in [1.54, 1.807) is 0 Å². The van der Waals surface area contributed by atoms with Gasteiger partial charge in [-0.2, -0.15) is 0 Å². The minimum absolute atomic E-state index is 0.149. The number of hydrogen-bond donors (Lipinski definition) is 1. The van der Waals surface area contributed by atoms with Crippen molar-refractivity contribution in [2.24, 2.45) is 0 Å². The minimum Gasteiger partial charge on any atom is -0.336 e. The van der Waals surface area contributed by atoms with Crippen LogP contribution in [0.2, 0.25) is 0 Å². The molecule has 1 aliphatic heterocycles. The molecule has 112 valence electrons. The van der Waals surface area contributed by atoms with Crippen LogP contribution in [0.4, 0.5) is 0 Å². The van der Waals surface area contributed by atoms with Crippen LogP contribution in [-0.2, 0) is 0 Å². The number of piperidine rings is 1. The zero-order valence-corrected chi connectivity index (χ0v) is 15.6. The summed E-state index contributed by atoms with van der Waals surface area (Å²) in [5.41, 5.74) is 0. The summed E-state index contributed by atoms with van der Waals surface area (Å²) in [4.78, 5) is 15.4. The van der Waals surface area contributed by atoms with Crippen LogP contribution in [-0.4, -0.2) is 36.5 Å². The van der Waals surface area contributed by atoms with Crippen molar-refractivity contribution in [2.75, 3.05) is 19.6 Å². The second-order valence-corrected chi connectivity index (χ2v) is 8.35. The van der Waals surface area contributed by atoms with Gasteiger partial charge in [0, 0.05) is 23.6 Å². The molecule has 1 fully saturated rings. The third-order valence-electron chi connectivity index (χ3n) is 3.49. The van der Waals surface area contributed by atoms with Gasteiger partial charge in [-0.15, -0.1) is 11.3 Å². The molecule has 1 atom stereocenters. The van der Waals surface area contributed by atoms with Gasteiger partial charge in [0.15, 0.2) is 0 Å². The van der Waals surface area contributed by atoms with Gasteiger partial charge in [-0.3, -0.25) is 4.79 Å². The molecule has 0 bridgehead atoms. The highest BCUT2D eigenvalue weighted by Crippen LogP contribution is 2.33. The van der Waals surface area contributed by atoms with Crippen molar-refractivity contribution < 1.29 is 4.79 Å². The van der Waals surface area contributed by atoms with Crippen molar-refractivity contribution in [3.63, 3.8) is 0 Å². The predicted molar refractivity (Wildman–Crippen MR) is 91.6 cm³/mol. The molecule has 0 aliphatic carbocycles. The summed E-state index contributed by atoms with van der Waals surface area (Å²) >= 11 is 8.41. The summed E-state index contributed by atoms with van der Waals surface area (Å²) in [5, 5.41) is 3.52. The average molecular weight is 424 g/mol. The summed E-state index contributed by atoms with van der Waals surface area (Å²) in [6.45, 7) is 4.84. The number of nitrogens with zero attached hydrogens (tertiary/aromatic N) is 1. The second-order valence-electron chi connectivity index (χ2n) is 5.13. The first-order chi connectivity index (χ1) is 9.61. The van der Waals surface area contributed by atoms with E-state index in [0.717, 1.165) is 39.2 Å². The molecule has 2 heterocycles.